The number of hydrogen-bond acceptors (Lipinski definition) is 9. The van der Waals surface area contributed by atoms with Gasteiger partial charge in [0.2, 0.25) is 0 Å². The van der Waals surface area contributed by atoms with Crippen molar-refractivity contribution >= 4 is 17.5 Å². The SMILES string of the molecule is CCC1CC2Oc3ccccc3C(OCCOC)=C2C(=O)C1CCOC(=O)CC=CC(O)C(C)=CC(C)(COC)c1ccc(C)o1. The van der Waals surface area contributed by atoms with Gasteiger partial charge in [-0.15, -0.1) is 0 Å². The molecule has 0 saturated heterocycles. The molecule has 4 rings (SSSR count). The second kappa shape index (κ2) is 16.3. The molecule has 0 bridgehead atoms. The second-order valence-electron chi connectivity index (χ2n) is 12.3. The molecule has 1 fully saturated rings. The molecule has 0 amide bonds. The summed E-state index contributed by atoms with van der Waals surface area (Å²) in [6, 6.07) is 11.4. The number of carbonyl (C=O) groups is 2. The van der Waals surface area contributed by atoms with E-state index in [0.29, 0.717) is 55.3 Å². The van der Waals surface area contributed by atoms with Crippen LogP contribution in [-0.4, -0.2) is 69.7 Å². The minimum absolute atomic E-state index is 0.00220. The number of ketones is 1. The summed E-state index contributed by atoms with van der Waals surface area (Å²) in [6.07, 6.45) is 5.72. The van der Waals surface area contributed by atoms with Crippen molar-refractivity contribution in [3.8, 4) is 5.75 Å². The number of aliphatic hydroxyl groups is 1. The van der Waals surface area contributed by atoms with Crippen molar-refractivity contribution in [1.29, 1.82) is 0 Å². The third-order valence-electron chi connectivity index (χ3n) is 8.77. The number of aliphatic hydroxyl groups excluding tert-OH is 1. The van der Waals surface area contributed by atoms with Gasteiger partial charge < -0.3 is 33.2 Å². The highest BCUT2D eigenvalue weighted by molar-refractivity contribution is 6.06. The first-order chi connectivity index (χ1) is 22.1. The number of benzene rings is 1. The van der Waals surface area contributed by atoms with E-state index in [-0.39, 0.29) is 36.8 Å². The number of aryl methyl sites for hydroxylation is 1. The van der Waals surface area contributed by atoms with E-state index in [1.54, 1.807) is 26.4 Å². The first-order valence-electron chi connectivity index (χ1n) is 16.0. The van der Waals surface area contributed by atoms with E-state index >= 15 is 0 Å². The van der Waals surface area contributed by atoms with Crippen molar-refractivity contribution in [2.45, 2.75) is 71.0 Å². The number of methoxy groups -OCH3 is 2. The summed E-state index contributed by atoms with van der Waals surface area (Å²) in [5.41, 5.74) is 1.46. The van der Waals surface area contributed by atoms with Crippen LogP contribution in [0.2, 0.25) is 0 Å². The molecule has 0 spiro atoms. The fourth-order valence-electron chi connectivity index (χ4n) is 6.37. The Labute approximate surface area is 272 Å². The van der Waals surface area contributed by atoms with E-state index < -0.39 is 17.5 Å². The predicted molar refractivity (Wildman–Crippen MR) is 174 cm³/mol. The average Bonchev–Trinajstić information content (AvgIpc) is 3.48. The Kier molecular flexibility index (Phi) is 12.4. The van der Waals surface area contributed by atoms with Crippen LogP contribution in [0.25, 0.3) is 5.76 Å². The molecule has 250 valence electrons. The summed E-state index contributed by atoms with van der Waals surface area (Å²) in [4.78, 5) is 26.5. The Balaban J connectivity index is 1.36. The van der Waals surface area contributed by atoms with Gasteiger partial charge in [0.15, 0.2) is 5.78 Å². The van der Waals surface area contributed by atoms with Crippen LogP contribution in [0.4, 0.5) is 0 Å². The van der Waals surface area contributed by atoms with Crippen molar-refractivity contribution in [2.24, 2.45) is 11.8 Å². The molecule has 1 aliphatic heterocycles. The van der Waals surface area contributed by atoms with Gasteiger partial charge in [-0.25, -0.2) is 0 Å². The maximum absolute atomic E-state index is 14.0. The normalized spacial score (nSPS) is 21.8. The highest BCUT2D eigenvalue weighted by Crippen LogP contribution is 2.45. The Morgan fingerprint density at radius 1 is 1.13 bits per heavy atom. The van der Waals surface area contributed by atoms with Gasteiger partial charge >= 0.3 is 5.97 Å². The van der Waals surface area contributed by atoms with E-state index in [1.165, 1.54) is 0 Å². The summed E-state index contributed by atoms with van der Waals surface area (Å²) in [5, 5.41) is 10.7. The van der Waals surface area contributed by atoms with Crippen LogP contribution < -0.4 is 4.74 Å². The maximum atomic E-state index is 14.0. The Morgan fingerprint density at radius 2 is 1.91 bits per heavy atom. The lowest BCUT2D eigenvalue weighted by Gasteiger charge is -2.40. The highest BCUT2D eigenvalue weighted by Gasteiger charge is 2.45. The Morgan fingerprint density at radius 3 is 2.61 bits per heavy atom. The lowest BCUT2D eigenvalue weighted by Crippen LogP contribution is -2.43. The largest absolute Gasteiger partial charge is 0.490 e. The molecule has 9 heteroatoms. The molecule has 0 radical (unpaired) electrons. The van der Waals surface area contributed by atoms with Crippen LogP contribution in [-0.2, 0) is 34.0 Å². The molecular formula is C37H48O9. The van der Waals surface area contributed by atoms with Gasteiger partial charge in [-0.05, 0) is 69.4 Å². The fraction of sp³-hybridized carbons (Fsp3) is 0.514. The molecule has 1 aromatic carbocycles. The standard InChI is InChI=1S/C37H48O9/c1-7-26-21-31-34(36(44-20-19-41-5)28-11-8-9-13-30(28)46-31)35(40)27(26)17-18-43-33(39)14-10-12-29(38)24(2)22-37(4,23-42-6)32-16-15-25(3)45-32/h8-13,15-16,22,26-27,29,31,38H,7,14,17-21,23H2,1-6H3. The van der Waals surface area contributed by atoms with Crippen LogP contribution in [0, 0.1) is 18.8 Å². The molecule has 2 heterocycles. The summed E-state index contributed by atoms with van der Waals surface area (Å²) in [5.74, 6) is 2.14. The number of para-hydroxylation sites is 1. The molecule has 9 nitrogen and oxygen atoms in total. The van der Waals surface area contributed by atoms with Gasteiger partial charge in [-0.3, -0.25) is 9.59 Å². The third-order valence-corrected chi connectivity index (χ3v) is 8.77. The van der Waals surface area contributed by atoms with Crippen molar-refractivity contribution in [1.82, 2.24) is 0 Å². The minimum Gasteiger partial charge on any atom is -0.490 e. The van der Waals surface area contributed by atoms with Gasteiger partial charge in [0.05, 0.1) is 48.9 Å². The minimum atomic E-state index is -0.894. The number of rotatable bonds is 16. The Hall–Kier alpha value is -3.66. The number of fused-ring (bicyclic) bond motifs is 2. The fourth-order valence-corrected chi connectivity index (χ4v) is 6.37. The number of ether oxygens (including phenoxy) is 5. The first-order valence-corrected chi connectivity index (χ1v) is 16.0. The lowest BCUT2D eigenvalue weighted by molar-refractivity contribution is -0.144. The monoisotopic (exact) mass is 636 g/mol. The number of carbonyl (C=O) groups excluding carboxylic acids is 2. The van der Waals surface area contributed by atoms with E-state index in [4.69, 9.17) is 28.1 Å². The van der Waals surface area contributed by atoms with Crippen molar-refractivity contribution in [3.63, 3.8) is 0 Å². The average molecular weight is 637 g/mol. The van der Waals surface area contributed by atoms with Gasteiger partial charge in [-0.2, -0.15) is 0 Å². The number of furan rings is 1. The smallest absolute Gasteiger partial charge is 0.309 e. The third kappa shape index (κ3) is 8.37. The van der Waals surface area contributed by atoms with Gasteiger partial charge in [-0.1, -0.05) is 43.7 Å². The first kappa shape index (κ1) is 35.2. The number of hydrogen-bond donors (Lipinski definition) is 1. The van der Waals surface area contributed by atoms with Crippen LogP contribution >= 0.6 is 0 Å². The Bertz CT molecular complexity index is 1430. The van der Waals surface area contributed by atoms with Crippen molar-refractivity contribution < 1.29 is 42.8 Å². The summed E-state index contributed by atoms with van der Waals surface area (Å²) in [7, 11) is 3.23. The van der Waals surface area contributed by atoms with Crippen molar-refractivity contribution in [2.75, 3.05) is 40.6 Å². The molecule has 46 heavy (non-hydrogen) atoms. The molecule has 5 unspecified atom stereocenters. The zero-order valence-electron chi connectivity index (χ0n) is 27.9. The molecule has 1 N–H and O–H groups in total. The summed E-state index contributed by atoms with van der Waals surface area (Å²) >= 11 is 0. The number of Topliss-reactive ketones (excluding diaryl/α,β-unsaturated/α-hetero) is 1. The lowest BCUT2D eigenvalue weighted by atomic mass is 9.70. The predicted octanol–water partition coefficient (Wildman–Crippen LogP) is 6.13. The van der Waals surface area contributed by atoms with E-state index in [0.717, 1.165) is 23.5 Å². The molecule has 1 aliphatic carbocycles. The van der Waals surface area contributed by atoms with E-state index in [9.17, 15) is 14.7 Å². The van der Waals surface area contributed by atoms with Crippen molar-refractivity contribution in [3.05, 3.63) is 82.9 Å². The van der Waals surface area contributed by atoms with Crippen LogP contribution in [0.5, 0.6) is 5.75 Å². The zero-order valence-corrected chi connectivity index (χ0v) is 27.9. The molecule has 2 aliphatic rings. The van der Waals surface area contributed by atoms with E-state index in [2.05, 4.69) is 6.92 Å². The van der Waals surface area contributed by atoms with Gasteiger partial charge in [0.25, 0.3) is 0 Å². The molecule has 1 saturated carbocycles. The second-order valence-corrected chi connectivity index (χ2v) is 12.3. The summed E-state index contributed by atoms with van der Waals surface area (Å²) in [6.45, 7) is 8.97. The molecule has 2 aromatic rings. The zero-order chi connectivity index (χ0) is 33.3. The highest BCUT2D eigenvalue weighted by atomic mass is 16.5. The molecule has 1 aromatic heterocycles. The van der Waals surface area contributed by atoms with Gasteiger partial charge in [0.1, 0.15) is 35.7 Å². The number of esters is 1. The maximum Gasteiger partial charge on any atom is 0.309 e. The quantitative estimate of drug-likeness (QED) is 0.132. The van der Waals surface area contributed by atoms with Crippen LogP contribution in [0.15, 0.2) is 70.2 Å². The van der Waals surface area contributed by atoms with Crippen LogP contribution in [0.3, 0.4) is 0 Å². The van der Waals surface area contributed by atoms with Crippen LogP contribution in [0.1, 0.15) is 63.5 Å². The topological polar surface area (TPSA) is 114 Å². The van der Waals surface area contributed by atoms with Gasteiger partial charge in [0, 0.05) is 20.1 Å². The molecular weight excluding hydrogens is 588 g/mol. The summed E-state index contributed by atoms with van der Waals surface area (Å²) < 4.78 is 34.4. The van der Waals surface area contributed by atoms with E-state index in [1.807, 2.05) is 63.2 Å². The molecule has 5 atom stereocenters.